The molecule has 2 atom stereocenters. The van der Waals surface area contributed by atoms with Gasteiger partial charge in [0.05, 0.1) is 29.4 Å². The summed E-state index contributed by atoms with van der Waals surface area (Å²) < 4.78 is 5.28. The number of nitrogens with zero attached hydrogens (tertiary/aromatic N) is 3. The van der Waals surface area contributed by atoms with Crippen LogP contribution in [0.4, 0.5) is 5.69 Å². The molecule has 2 aliphatic rings. The maximum Gasteiger partial charge on any atom is 0.281 e. The molecule has 2 aliphatic heterocycles. The van der Waals surface area contributed by atoms with Crippen molar-refractivity contribution in [3.8, 4) is 0 Å². The Balaban J connectivity index is 1.60. The van der Waals surface area contributed by atoms with Crippen LogP contribution in [0.3, 0.4) is 0 Å². The van der Waals surface area contributed by atoms with Crippen LogP contribution in [0.15, 0.2) is 47.6 Å². The minimum absolute atomic E-state index is 0.171. The number of hydrazone groups is 1. The van der Waals surface area contributed by atoms with Gasteiger partial charge in [-0.2, -0.15) is 5.10 Å². The molecule has 6 nitrogen and oxygen atoms in total. The number of benzene rings is 2. The number of nitrogens with one attached hydrogen (secondary N) is 1. The Bertz CT molecular complexity index is 983. The lowest BCUT2D eigenvalue weighted by Crippen LogP contribution is -2.48. The second-order valence-corrected chi connectivity index (χ2v) is 8.92. The lowest BCUT2D eigenvalue weighted by molar-refractivity contribution is -0.120. The van der Waals surface area contributed by atoms with Gasteiger partial charge in [-0.3, -0.25) is 15.2 Å². The second kappa shape index (κ2) is 9.76. The fraction of sp³-hybridized carbons (Fsp3) is 0.364. The number of halogens is 3. The van der Waals surface area contributed by atoms with Gasteiger partial charge in [-0.1, -0.05) is 46.9 Å². The molecule has 4 rings (SSSR count). The number of anilines is 1. The quantitative estimate of drug-likeness (QED) is 0.624. The SMILES string of the molecule is COCC1CCCN1NC(=O)C1=NN(c2ccc(Cl)cc2Cl)C(c2ccc(Cl)cc2)C1. The van der Waals surface area contributed by atoms with Crippen LogP contribution in [0.25, 0.3) is 0 Å². The van der Waals surface area contributed by atoms with Crippen LogP contribution in [0.5, 0.6) is 0 Å². The van der Waals surface area contributed by atoms with Crippen molar-refractivity contribution in [3.05, 3.63) is 63.1 Å². The molecule has 164 valence electrons. The third kappa shape index (κ3) is 4.99. The molecule has 31 heavy (non-hydrogen) atoms. The topological polar surface area (TPSA) is 57.2 Å². The largest absolute Gasteiger partial charge is 0.383 e. The smallest absolute Gasteiger partial charge is 0.281 e. The summed E-state index contributed by atoms with van der Waals surface area (Å²) in [6, 6.07) is 12.8. The zero-order valence-electron chi connectivity index (χ0n) is 17.0. The van der Waals surface area contributed by atoms with Gasteiger partial charge in [0.2, 0.25) is 0 Å². The normalized spacial score (nSPS) is 21.4. The van der Waals surface area contributed by atoms with Gasteiger partial charge in [-0.05, 0) is 48.7 Å². The highest BCUT2D eigenvalue weighted by Crippen LogP contribution is 2.40. The predicted molar refractivity (Wildman–Crippen MR) is 125 cm³/mol. The number of carbonyl (C=O) groups excluding carboxylic acids is 1. The lowest BCUT2D eigenvalue weighted by atomic mass is 10.0. The van der Waals surface area contributed by atoms with Crippen molar-refractivity contribution < 1.29 is 9.53 Å². The van der Waals surface area contributed by atoms with Crippen LogP contribution in [0.2, 0.25) is 15.1 Å². The van der Waals surface area contributed by atoms with Crippen molar-refractivity contribution in [1.29, 1.82) is 0 Å². The third-order valence-corrected chi connectivity index (χ3v) is 6.35. The fourth-order valence-electron chi connectivity index (χ4n) is 4.02. The number of hydrogen-bond donors (Lipinski definition) is 1. The average Bonchev–Trinajstić information content (AvgIpc) is 3.36. The Hall–Kier alpha value is -1.83. The van der Waals surface area contributed by atoms with Gasteiger partial charge in [-0.15, -0.1) is 0 Å². The maximum atomic E-state index is 13.1. The van der Waals surface area contributed by atoms with Crippen molar-refractivity contribution in [2.45, 2.75) is 31.3 Å². The highest BCUT2D eigenvalue weighted by Gasteiger charge is 2.35. The Morgan fingerprint density at radius 1 is 1.16 bits per heavy atom. The summed E-state index contributed by atoms with van der Waals surface area (Å²) in [7, 11) is 1.67. The number of rotatable bonds is 6. The minimum atomic E-state index is -0.213. The molecular weight excluding hydrogens is 459 g/mol. The van der Waals surface area contributed by atoms with Gasteiger partial charge >= 0.3 is 0 Å². The lowest BCUT2D eigenvalue weighted by Gasteiger charge is -2.25. The summed E-state index contributed by atoms with van der Waals surface area (Å²) in [6.07, 6.45) is 2.44. The Morgan fingerprint density at radius 2 is 1.90 bits per heavy atom. The molecule has 9 heteroatoms. The molecule has 2 aromatic carbocycles. The van der Waals surface area contributed by atoms with Crippen LogP contribution in [-0.2, 0) is 9.53 Å². The standard InChI is InChI=1S/C22H23Cl3N4O2/c1-31-13-17-3-2-10-28(17)27-22(30)19-12-21(14-4-6-15(23)7-5-14)29(26-19)20-9-8-16(24)11-18(20)25/h4-9,11,17,21H,2-3,10,12-13H2,1H3,(H,27,30). The van der Waals surface area contributed by atoms with E-state index in [2.05, 4.69) is 10.5 Å². The van der Waals surface area contributed by atoms with Crippen LogP contribution >= 0.6 is 34.8 Å². The Morgan fingerprint density at radius 3 is 2.61 bits per heavy atom. The van der Waals surface area contributed by atoms with Gasteiger partial charge in [0.1, 0.15) is 5.71 Å². The van der Waals surface area contributed by atoms with Crippen molar-refractivity contribution in [1.82, 2.24) is 10.4 Å². The van der Waals surface area contributed by atoms with Gasteiger partial charge in [0, 0.05) is 30.1 Å². The first-order valence-corrected chi connectivity index (χ1v) is 11.2. The number of hydrazine groups is 1. The number of amides is 1. The van der Waals surface area contributed by atoms with E-state index >= 15 is 0 Å². The molecule has 0 aliphatic carbocycles. The molecule has 0 bridgehead atoms. The summed E-state index contributed by atoms with van der Waals surface area (Å²) in [6.45, 7) is 1.37. The van der Waals surface area contributed by atoms with Gasteiger partial charge in [0.15, 0.2) is 0 Å². The van der Waals surface area contributed by atoms with E-state index in [1.54, 1.807) is 24.3 Å². The summed E-state index contributed by atoms with van der Waals surface area (Å²) in [5, 5.41) is 10.0. The monoisotopic (exact) mass is 480 g/mol. The van der Waals surface area contributed by atoms with Crippen LogP contribution in [0.1, 0.15) is 30.9 Å². The molecule has 2 heterocycles. The molecular formula is C22H23Cl3N4O2. The van der Waals surface area contributed by atoms with Crippen LogP contribution < -0.4 is 10.4 Å². The first-order chi connectivity index (χ1) is 15.0. The van der Waals surface area contributed by atoms with E-state index in [9.17, 15) is 4.79 Å². The Labute approximate surface area is 196 Å². The number of methoxy groups -OCH3 is 1. The summed E-state index contributed by atoms with van der Waals surface area (Å²) in [4.78, 5) is 13.1. The van der Waals surface area contributed by atoms with Crippen molar-refractivity contribution in [2.75, 3.05) is 25.3 Å². The highest BCUT2D eigenvalue weighted by atomic mass is 35.5. The van der Waals surface area contributed by atoms with Crippen LogP contribution in [-0.4, -0.2) is 42.9 Å². The summed E-state index contributed by atoms with van der Waals surface area (Å²) in [5.74, 6) is -0.213. The molecule has 1 saturated heterocycles. The molecule has 1 fully saturated rings. The van der Waals surface area contributed by atoms with E-state index in [4.69, 9.17) is 39.5 Å². The first kappa shape index (κ1) is 22.4. The average molecular weight is 482 g/mol. The highest BCUT2D eigenvalue weighted by molar-refractivity contribution is 6.40. The fourth-order valence-corrected chi connectivity index (χ4v) is 4.65. The van der Waals surface area contributed by atoms with E-state index in [-0.39, 0.29) is 18.0 Å². The Kier molecular flexibility index (Phi) is 7.04. The zero-order valence-corrected chi connectivity index (χ0v) is 19.3. The number of ether oxygens (including phenoxy) is 1. The van der Waals surface area contributed by atoms with Gasteiger partial charge in [-0.25, -0.2) is 5.01 Å². The van der Waals surface area contributed by atoms with E-state index in [0.29, 0.717) is 39.5 Å². The molecule has 0 saturated carbocycles. The van der Waals surface area contributed by atoms with Crippen molar-refractivity contribution >= 4 is 52.1 Å². The molecule has 1 amide bonds. The second-order valence-electron chi connectivity index (χ2n) is 7.64. The number of hydrogen-bond acceptors (Lipinski definition) is 5. The maximum absolute atomic E-state index is 13.1. The van der Waals surface area contributed by atoms with Crippen LogP contribution in [0, 0.1) is 0 Å². The van der Waals surface area contributed by atoms with Gasteiger partial charge < -0.3 is 4.74 Å². The third-order valence-electron chi connectivity index (χ3n) is 5.57. The van der Waals surface area contributed by atoms with E-state index in [1.807, 2.05) is 35.3 Å². The van der Waals surface area contributed by atoms with Crippen molar-refractivity contribution in [3.63, 3.8) is 0 Å². The molecule has 0 radical (unpaired) electrons. The summed E-state index contributed by atoms with van der Waals surface area (Å²) >= 11 is 18.6. The molecule has 2 aromatic rings. The predicted octanol–water partition coefficient (Wildman–Crippen LogP) is 5.10. The first-order valence-electron chi connectivity index (χ1n) is 10.1. The van der Waals surface area contributed by atoms with Gasteiger partial charge in [0.25, 0.3) is 5.91 Å². The molecule has 0 aromatic heterocycles. The number of carbonyl (C=O) groups is 1. The van der Waals surface area contributed by atoms with E-state index in [0.717, 1.165) is 24.9 Å². The molecule has 0 spiro atoms. The molecule has 1 N–H and O–H groups in total. The zero-order chi connectivity index (χ0) is 22.0. The van der Waals surface area contributed by atoms with E-state index in [1.165, 1.54) is 0 Å². The summed E-state index contributed by atoms with van der Waals surface area (Å²) in [5.41, 5.74) is 5.13. The molecule has 2 unspecified atom stereocenters. The van der Waals surface area contributed by atoms with E-state index < -0.39 is 0 Å². The van der Waals surface area contributed by atoms with Crippen molar-refractivity contribution in [2.24, 2.45) is 5.10 Å². The minimum Gasteiger partial charge on any atom is -0.383 e.